The standard InChI is InChI=1S/C20H26FN5O4S/c1-12(2)6-7-22-20-18(15-5-3-4-8-25(15)23-20)13-9-14(21)19(16(27)10-13)26-11-17(28)24-31(26,29)30/h9-10,12,27H,3-8,11H2,1-2H3,(H,22,23)(H,24,28). The molecular formula is C20H26FN5O4S. The first kappa shape index (κ1) is 21.4. The summed E-state index contributed by atoms with van der Waals surface area (Å²) in [5, 5.41) is 18.5. The van der Waals surface area contributed by atoms with Gasteiger partial charge in [-0.3, -0.25) is 9.48 Å². The summed E-state index contributed by atoms with van der Waals surface area (Å²) in [7, 11) is -4.24. The molecule has 1 aromatic carbocycles. The molecule has 2 aliphatic heterocycles. The number of carbonyl (C=O) groups is 1. The fraction of sp³-hybridized carbons (Fsp3) is 0.500. The smallest absolute Gasteiger partial charge is 0.326 e. The number of phenolic OH excluding ortho intramolecular Hbond substituents is 1. The number of hydrogen-bond donors (Lipinski definition) is 3. The zero-order chi connectivity index (χ0) is 22.3. The molecular weight excluding hydrogens is 425 g/mol. The minimum Gasteiger partial charge on any atom is -0.506 e. The number of rotatable bonds is 6. The summed E-state index contributed by atoms with van der Waals surface area (Å²) in [6.45, 7) is 5.13. The fourth-order valence-corrected chi connectivity index (χ4v) is 5.19. The second kappa shape index (κ2) is 8.03. The number of carbonyl (C=O) groups excluding carboxylic acids is 1. The summed E-state index contributed by atoms with van der Waals surface area (Å²) in [5.74, 6) is -1.15. The SMILES string of the molecule is CC(C)CCNc1nn2c(c1-c1cc(O)c(N3CC(=O)NS3(=O)=O)c(F)c1)CCCC2. The summed E-state index contributed by atoms with van der Waals surface area (Å²) >= 11 is 0. The zero-order valence-corrected chi connectivity index (χ0v) is 18.3. The molecule has 168 valence electrons. The predicted molar refractivity (Wildman–Crippen MR) is 115 cm³/mol. The molecule has 1 saturated heterocycles. The quantitative estimate of drug-likeness (QED) is 0.621. The number of hydrogen-bond acceptors (Lipinski definition) is 6. The van der Waals surface area contributed by atoms with Crippen molar-refractivity contribution in [2.24, 2.45) is 5.92 Å². The molecule has 2 aliphatic rings. The van der Waals surface area contributed by atoms with Gasteiger partial charge in [0.25, 0.3) is 5.91 Å². The van der Waals surface area contributed by atoms with Gasteiger partial charge >= 0.3 is 10.2 Å². The summed E-state index contributed by atoms with van der Waals surface area (Å²) in [5.41, 5.74) is 1.53. The Labute approximate surface area is 180 Å². The van der Waals surface area contributed by atoms with Crippen LogP contribution >= 0.6 is 0 Å². The Hall–Kier alpha value is -2.82. The minimum atomic E-state index is -4.24. The van der Waals surface area contributed by atoms with Crippen LogP contribution in [0, 0.1) is 11.7 Å². The maximum Gasteiger partial charge on any atom is 0.326 e. The molecule has 0 unspecified atom stereocenters. The van der Waals surface area contributed by atoms with Crippen LogP contribution in [0.5, 0.6) is 5.75 Å². The molecule has 4 rings (SSSR count). The molecule has 1 aromatic heterocycles. The van der Waals surface area contributed by atoms with Gasteiger partial charge in [0.15, 0.2) is 11.6 Å². The van der Waals surface area contributed by atoms with E-state index in [1.165, 1.54) is 12.1 Å². The number of amides is 1. The predicted octanol–water partition coefficient (Wildman–Crippen LogP) is 2.37. The third kappa shape index (κ3) is 4.06. The fourth-order valence-electron chi connectivity index (χ4n) is 4.02. The van der Waals surface area contributed by atoms with E-state index in [0.29, 0.717) is 33.7 Å². The van der Waals surface area contributed by atoms with Crippen molar-refractivity contribution >= 4 is 27.6 Å². The van der Waals surface area contributed by atoms with Crippen LogP contribution in [0.1, 0.15) is 38.8 Å². The van der Waals surface area contributed by atoms with Gasteiger partial charge < -0.3 is 10.4 Å². The average molecular weight is 452 g/mol. The number of nitrogens with one attached hydrogen (secondary N) is 2. The van der Waals surface area contributed by atoms with Crippen molar-refractivity contribution in [1.82, 2.24) is 14.5 Å². The Balaban J connectivity index is 1.76. The third-order valence-electron chi connectivity index (χ3n) is 5.51. The molecule has 11 heteroatoms. The average Bonchev–Trinajstić information content (AvgIpc) is 3.16. The first-order valence-corrected chi connectivity index (χ1v) is 11.8. The van der Waals surface area contributed by atoms with Crippen LogP contribution in [0.4, 0.5) is 15.9 Å². The molecule has 0 radical (unpaired) electrons. The lowest BCUT2D eigenvalue weighted by Crippen LogP contribution is -2.30. The highest BCUT2D eigenvalue weighted by atomic mass is 32.2. The van der Waals surface area contributed by atoms with Crippen molar-refractivity contribution < 1.29 is 22.7 Å². The van der Waals surface area contributed by atoms with E-state index in [4.69, 9.17) is 0 Å². The lowest BCUT2D eigenvalue weighted by atomic mass is 9.99. The number of halogens is 1. The molecule has 1 fully saturated rings. The first-order valence-electron chi connectivity index (χ1n) is 10.4. The molecule has 0 bridgehead atoms. The molecule has 0 saturated carbocycles. The van der Waals surface area contributed by atoms with Crippen LogP contribution in [0.15, 0.2) is 12.1 Å². The number of fused-ring (bicyclic) bond motifs is 1. The first-order chi connectivity index (χ1) is 14.7. The Morgan fingerprint density at radius 3 is 2.74 bits per heavy atom. The van der Waals surface area contributed by atoms with E-state index < -0.39 is 39.9 Å². The van der Waals surface area contributed by atoms with Crippen LogP contribution in [-0.2, 0) is 28.0 Å². The summed E-state index contributed by atoms with van der Waals surface area (Å²) in [6, 6.07) is 2.52. The van der Waals surface area contributed by atoms with E-state index in [2.05, 4.69) is 24.3 Å². The van der Waals surface area contributed by atoms with Crippen LogP contribution in [0.25, 0.3) is 11.1 Å². The van der Waals surface area contributed by atoms with Crippen molar-refractivity contribution in [3.63, 3.8) is 0 Å². The van der Waals surface area contributed by atoms with Crippen molar-refractivity contribution in [2.75, 3.05) is 22.7 Å². The Bertz CT molecular complexity index is 1110. The highest BCUT2D eigenvalue weighted by molar-refractivity contribution is 7.92. The molecule has 9 nitrogen and oxygen atoms in total. The van der Waals surface area contributed by atoms with E-state index in [0.717, 1.165) is 37.9 Å². The van der Waals surface area contributed by atoms with E-state index in [-0.39, 0.29) is 0 Å². The normalized spacial score (nSPS) is 17.7. The summed E-state index contributed by atoms with van der Waals surface area (Å²) < 4.78 is 43.5. The highest BCUT2D eigenvalue weighted by Crippen LogP contribution is 2.41. The van der Waals surface area contributed by atoms with Crippen LogP contribution in [-0.4, -0.2) is 42.3 Å². The Morgan fingerprint density at radius 2 is 2.10 bits per heavy atom. The maximum absolute atomic E-state index is 15.1. The van der Waals surface area contributed by atoms with Crippen molar-refractivity contribution in [3.8, 4) is 16.9 Å². The molecule has 0 spiro atoms. The van der Waals surface area contributed by atoms with Crippen molar-refractivity contribution in [2.45, 2.75) is 46.1 Å². The van der Waals surface area contributed by atoms with Gasteiger partial charge in [0.2, 0.25) is 0 Å². The van der Waals surface area contributed by atoms with Gasteiger partial charge in [-0.25, -0.2) is 13.4 Å². The van der Waals surface area contributed by atoms with Gasteiger partial charge in [-0.05, 0) is 49.3 Å². The van der Waals surface area contributed by atoms with Crippen molar-refractivity contribution in [3.05, 3.63) is 23.6 Å². The molecule has 0 atom stereocenters. The number of aromatic hydroxyl groups is 1. The Kier molecular flexibility index (Phi) is 5.54. The number of nitrogens with zero attached hydrogens (tertiary/aromatic N) is 3. The summed E-state index contributed by atoms with van der Waals surface area (Å²) in [6.07, 6.45) is 3.70. The van der Waals surface area contributed by atoms with E-state index in [1.807, 2.05) is 4.68 Å². The third-order valence-corrected chi connectivity index (χ3v) is 6.88. The molecule has 0 aliphatic carbocycles. The molecule has 1 amide bonds. The highest BCUT2D eigenvalue weighted by Gasteiger charge is 2.37. The van der Waals surface area contributed by atoms with Crippen LogP contribution in [0.2, 0.25) is 0 Å². The number of phenols is 1. The lowest BCUT2D eigenvalue weighted by Gasteiger charge is -2.19. The molecule has 31 heavy (non-hydrogen) atoms. The van der Waals surface area contributed by atoms with Gasteiger partial charge in [0.05, 0.1) is 0 Å². The number of anilines is 2. The van der Waals surface area contributed by atoms with Crippen molar-refractivity contribution in [1.29, 1.82) is 0 Å². The lowest BCUT2D eigenvalue weighted by molar-refractivity contribution is -0.117. The number of aromatic nitrogens is 2. The largest absolute Gasteiger partial charge is 0.506 e. The second-order valence-electron chi connectivity index (χ2n) is 8.32. The van der Waals surface area contributed by atoms with Gasteiger partial charge in [0.1, 0.15) is 18.0 Å². The van der Waals surface area contributed by atoms with Gasteiger partial charge in [0, 0.05) is 24.3 Å². The van der Waals surface area contributed by atoms with Gasteiger partial charge in [-0.15, -0.1) is 0 Å². The summed E-state index contributed by atoms with van der Waals surface area (Å²) in [4.78, 5) is 11.5. The van der Waals surface area contributed by atoms with E-state index in [9.17, 15) is 18.3 Å². The molecule has 3 N–H and O–H groups in total. The van der Waals surface area contributed by atoms with Gasteiger partial charge in [-0.1, -0.05) is 13.8 Å². The maximum atomic E-state index is 15.1. The van der Waals surface area contributed by atoms with Gasteiger partial charge in [-0.2, -0.15) is 13.5 Å². The number of aryl methyl sites for hydroxylation is 1. The second-order valence-corrected chi connectivity index (χ2v) is 9.92. The zero-order valence-electron chi connectivity index (χ0n) is 17.5. The Morgan fingerprint density at radius 1 is 1.32 bits per heavy atom. The molecule has 3 heterocycles. The minimum absolute atomic E-state index is 0.407. The van der Waals surface area contributed by atoms with E-state index >= 15 is 4.39 Å². The van der Waals surface area contributed by atoms with Crippen LogP contribution in [0.3, 0.4) is 0 Å². The van der Waals surface area contributed by atoms with E-state index in [1.54, 1.807) is 4.72 Å². The van der Waals surface area contributed by atoms with Crippen LogP contribution < -0.4 is 14.3 Å². The molecule has 2 aromatic rings. The topological polar surface area (TPSA) is 117 Å². The monoisotopic (exact) mass is 451 g/mol. The number of benzene rings is 1.